The zero-order chi connectivity index (χ0) is 20.1. The average Bonchev–Trinajstić information content (AvgIpc) is 3.03. The van der Waals surface area contributed by atoms with Crippen molar-refractivity contribution < 1.29 is 17.9 Å². The van der Waals surface area contributed by atoms with E-state index in [0.717, 1.165) is 11.3 Å². The molecule has 3 rings (SSSR count). The van der Waals surface area contributed by atoms with Crippen LogP contribution in [-0.4, -0.2) is 51.1 Å². The molecule has 1 unspecified atom stereocenters. The Morgan fingerprint density at radius 2 is 1.79 bits per heavy atom. The van der Waals surface area contributed by atoms with Crippen LogP contribution in [0.4, 0.5) is 0 Å². The second-order valence-electron chi connectivity index (χ2n) is 6.77. The molecule has 1 heterocycles. The SMILES string of the molecule is COc1ccc(CN(CCOc2c(Cl)cccc2Cl)C2CCS(=O)(=O)C2)cc1. The minimum absolute atomic E-state index is 0.0302. The van der Waals surface area contributed by atoms with Crippen molar-refractivity contribution in [1.82, 2.24) is 4.90 Å². The summed E-state index contributed by atoms with van der Waals surface area (Å²) in [4.78, 5) is 2.15. The first-order valence-electron chi connectivity index (χ1n) is 9.02. The molecule has 2 aromatic carbocycles. The number of halogens is 2. The van der Waals surface area contributed by atoms with Gasteiger partial charge in [-0.3, -0.25) is 4.90 Å². The molecule has 8 heteroatoms. The van der Waals surface area contributed by atoms with Gasteiger partial charge >= 0.3 is 0 Å². The molecule has 1 aliphatic rings. The zero-order valence-electron chi connectivity index (χ0n) is 15.6. The van der Waals surface area contributed by atoms with Crippen LogP contribution in [0, 0.1) is 0 Å². The number of hydrogen-bond acceptors (Lipinski definition) is 5. The van der Waals surface area contributed by atoms with Crippen LogP contribution in [0.1, 0.15) is 12.0 Å². The second-order valence-corrected chi connectivity index (χ2v) is 9.82. The summed E-state index contributed by atoms with van der Waals surface area (Å²) in [7, 11) is -1.35. The first-order chi connectivity index (χ1) is 13.4. The number of nitrogens with zero attached hydrogens (tertiary/aromatic N) is 1. The number of rotatable bonds is 8. The van der Waals surface area contributed by atoms with E-state index in [-0.39, 0.29) is 17.5 Å². The van der Waals surface area contributed by atoms with E-state index in [9.17, 15) is 8.42 Å². The molecule has 28 heavy (non-hydrogen) atoms. The van der Waals surface area contributed by atoms with Crippen molar-refractivity contribution in [2.45, 2.75) is 19.0 Å². The molecule has 2 aromatic rings. The molecule has 0 N–H and O–H groups in total. The molecule has 1 fully saturated rings. The van der Waals surface area contributed by atoms with E-state index in [1.807, 2.05) is 24.3 Å². The summed E-state index contributed by atoms with van der Waals surface area (Å²) in [5, 5.41) is 0.912. The van der Waals surface area contributed by atoms with Crippen LogP contribution in [0.5, 0.6) is 11.5 Å². The third kappa shape index (κ3) is 5.54. The monoisotopic (exact) mass is 443 g/mol. The lowest BCUT2D eigenvalue weighted by molar-refractivity contribution is 0.163. The van der Waals surface area contributed by atoms with Gasteiger partial charge < -0.3 is 9.47 Å². The molecule has 0 aliphatic carbocycles. The van der Waals surface area contributed by atoms with Gasteiger partial charge in [0.1, 0.15) is 12.4 Å². The van der Waals surface area contributed by atoms with E-state index in [4.69, 9.17) is 32.7 Å². The van der Waals surface area contributed by atoms with Gasteiger partial charge in [-0.2, -0.15) is 0 Å². The largest absolute Gasteiger partial charge is 0.497 e. The first-order valence-corrected chi connectivity index (χ1v) is 11.6. The first kappa shape index (κ1) is 21.2. The van der Waals surface area contributed by atoms with Crippen molar-refractivity contribution in [1.29, 1.82) is 0 Å². The number of para-hydroxylation sites is 1. The number of sulfone groups is 1. The highest BCUT2D eigenvalue weighted by molar-refractivity contribution is 7.91. The Morgan fingerprint density at radius 1 is 1.11 bits per heavy atom. The van der Waals surface area contributed by atoms with E-state index in [1.165, 1.54) is 0 Å². The van der Waals surface area contributed by atoms with Gasteiger partial charge in [0.2, 0.25) is 0 Å². The Labute approximate surface area is 176 Å². The van der Waals surface area contributed by atoms with Crippen molar-refractivity contribution in [3.8, 4) is 11.5 Å². The van der Waals surface area contributed by atoms with Crippen LogP contribution < -0.4 is 9.47 Å². The Balaban J connectivity index is 1.68. The van der Waals surface area contributed by atoms with Gasteiger partial charge in [0.05, 0.1) is 28.7 Å². The van der Waals surface area contributed by atoms with E-state index in [0.29, 0.717) is 41.9 Å². The topological polar surface area (TPSA) is 55.8 Å². The smallest absolute Gasteiger partial charge is 0.156 e. The second kappa shape index (κ2) is 9.35. The summed E-state index contributed by atoms with van der Waals surface area (Å²) in [5.41, 5.74) is 1.08. The molecule has 5 nitrogen and oxygen atoms in total. The van der Waals surface area contributed by atoms with E-state index < -0.39 is 9.84 Å². The van der Waals surface area contributed by atoms with Crippen LogP contribution in [-0.2, 0) is 16.4 Å². The summed E-state index contributed by atoms with van der Waals surface area (Å²) >= 11 is 12.3. The van der Waals surface area contributed by atoms with Gasteiger partial charge in [0, 0.05) is 19.1 Å². The van der Waals surface area contributed by atoms with Gasteiger partial charge in [-0.1, -0.05) is 41.4 Å². The van der Waals surface area contributed by atoms with Crippen molar-refractivity contribution in [3.63, 3.8) is 0 Å². The lowest BCUT2D eigenvalue weighted by Crippen LogP contribution is -2.38. The quantitative estimate of drug-likeness (QED) is 0.615. The molecule has 0 saturated carbocycles. The fourth-order valence-corrected chi connectivity index (χ4v) is 5.57. The molecule has 0 spiro atoms. The van der Waals surface area contributed by atoms with Gasteiger partial charge in [-0.25, -0.2) is 8.42 Å². The van der Waals surface area contributed by atoms with Crippen molar-refractivity contribution in [2.75, 3.05) is 31.8 Å². The van der Waals surface area contributed by atoms with Crippen molar-refractivity contribution in [3.05, 3.63) is 58.1 Å². The van der Waals surface area contributed by atoms with Crippen molar-refractivity contribution in [2.24, 2.45) is 0 Å². The standard InChI is InChI=1S/C20H23Cl2NO4S/c1-26-17-7-5-15(6-8-17)13-23(16-9-12-28(24,25)14-16)10-11-27-20-18(21)3-2-4-19(20)22/h2-8,16H,9-14H2,1H3. The summed E-state index contributed by atoms with van der Waals surface area (Å²) < 4.78 is 34.9. The lowest BCUT2D eigenvalue weighted by atomic mass is 10.1. The zero-order valence-corrected chi connectivity index (χ0v) is 17.9. The number of hydrogen-bond donors (Lipinski definition) is 0. The average molecular weight is 444 g/mol. The van der Waals surface area contributed by atoms with Gasteiger partial charge in [-0.05, 0) is 36.2 Å². The van der Waals surface area contributed by atoms with E-state index in [1.54, 1.807) is 25.3 Å². The third-order valence-electron chi connectivity index (χ3n) is 4.81. The van der Waals surface area contributed by atoms with Crippen LogP contribution in [0.25, 0.3) is 0 Å². The van der Waals surface area contributed by atoms with Gasteiger partial charge in [0.15, 0.2) is 15.6 Å². The minimum Gasteiger partial charge on any atom is -0.497 e. The Morgan fingerprint density at radius 3 is 2.36 bits per heavy atom. The normalized spacial score (nSPS) is 18.4. The summed E-state index contributed by atoms with van der Waals surface area (Å²) in [6, 6.07) is 13.0. The van der Waals surface area contributed by atoms with Gasteiger partial charge in [0.25, 0.3) is 0 Å². The maximum Gasteiger partial charge on any atom is 0.156 e. The Kier molecular flexibility index (Phi) is 7.10. The molecule has 0 radical (unpaired) electrons. The fraction of sp³-hybridized carbons (Fsp3) is 0.400. The maximum absolute atomic E-state index is 12.0. The van der Waals surface area contributed by atoms with Crippen molar-refractivity contribution >= 4 is 33.0 Å². The van der Waals surface area contributed by atoms with Crippen LogP contribution >= 0.6 is 23.2 Å². The highest BCUT2D eigenvalue weighted by Gasteiger charge is 2.32. The highest BCUT2D eigenvalue weighted by Crippen LogP contribution is 2.32. The molecular weight excluding hydrogens is 421 g/mol. The highest BCUT2D eigenvalue weighted by atomic mass is 35.5. The van der Waals surface area contributed by atoms with Crippen LogP contribution in [0.15, 0.2) is 42.5 Å². The van der Waals surface area contributed by atoms with Crippen LogP contribution in [0.2, 0.25) is 10.0 Å². The minimum atomic E-state index is -2.98. The van der Waals surface area contributed by atoms with E-state index >= 15 is 0 Å². The summed E-state index contributed by atoms with van der Waals surface area (Å²) in [6.07, 6.45) is 0.630. The molecule has 0 bridgehead atoms. The molecule has 1 saturated heterocycles. The Bertz CT molecular complexity index is 883. The lowest BCUT2D eigenvalue weighted by Gasteiger charge is -2.28. The summed E-state index contributed by atoms with van der Waals surface area (Å²) in [5.74, 6) is 1.65. The predicted octanol–water partition coefficient (Wildman–Crippen LogP) is 4.07. The maximum atomic E-state index is 12.0. The number of ether oxygens (including phenoxy) is 2. The third-order valence-corrected chi connectivity index (χ3v) is 7.16. The molecule has 152 valence electrons. The number of benzene rings is 2. The molecule has 1 aliphatic heterocycles. The Hall–Kier alpha value is -1.47. The molecule has 1 atom stereocenters. The van der Waals surface area contributed by atoms with E-state index in [2.05, 4.69) is 4.90 Å². The predicted molar refractivity (Wildman–Crippen MR) is 112 cm³/mol. The molecular formula is C20H23Cl2NO4S. The molecule has 0 amide bonds. The summed E-state index contributed by atoms with van der Waals surface area (Å²) in [6.45, 7) is 1.55. The van der Waals surface area contributed by atoms with Gasteiger partial charge in [-0.15, -0.1) is 0 Å². The molecule has 0 aromatic heterocycles. The number of methoxy groups -OCH3 is 1. The fourth-order valence-electron chi connectivity index (χ4n) is 3.30. The van der Waals surface area contributed by atoms with Crippen LogP contribution in [0.3, 0.4) is 0 Å².